The third kappa shape index (κ3) is 2.88. The highest BCUT2D eigenvalue weighted by molar-refractivity contribution is 5.98. The molecule has 1 saturated heterocycles. The molecule has 1 heterocycles. The fourth-order valence-corrected chi connectivity index (χ4v) is 2.73. The first-order valence-corrected chi connectivity index (χ1v) is 6.86. The lowest BCUT2D eigenvalue weighted by Gasteiger charge is -2.27. The maximum atomic E-state index is 12.6. The number of nitrogens with zero attached hydrogens (tertiary/aromatic N) is 2. The summed E-state index contributed by atoms with van der Waals surface area (Å²) in [5.41, 5.74) is 0.315. The quantitative estimate of drug-likeness (QED) is 0.908. The average molecular weight is 278 g/mol. The molecule has 1 aliphatic rings. The Balaban J connectivity index is 2.22. The van der Waals surface area contributed by atoms with Crippen LogP contribution in [0.1, 0.15) is 23.2 Å². The Morgan fingerprint density at radius 1 is 1.50 bits per heavy atom. The molecule has 0 aromatic heterocycles. The van der Waals surface area contributed by atoms with Crippen LogP contribution in [0.3, 0.4) is 0 Å². The summed E-state index contributed by atoms with van der Waals surface area (Å²) in [6.07, 6.45) is 2.02. The standard InChI is InChI=1S/C15H22N2O3/c1-16(2)10-11-6-5-9-17(11)15(19)12-7-4-8-13(20-3)14(12)18/h4,7-8,11,18H,5-6,9-10H2,1-3H3. The van der Waals surface area contributed by atoms with Gasteiger partial charge in [0.1, 0.15) is 0 Å². The van der Waals surface area contributed by atoms with Gasteiger partial charge in [0.15, 0.2) is 11.5 Å². The zero-order valence-electron chi connectivity index (χ0n) is 12.3. The molecular weight excluding hydrogens is 256 g/mol. The number of phenols is 1. The van der Waals surface area contributed by atoms with Crippen LogP contribution in [-0.4, -0.2) is 61.2 Å². The van der Waals surface area contributed by atoms with Crippen LogP contribution in [0.2, 0.25) is 0 Å². The molecule has 1 fully saturated rings. The van der Waals surface area contributed by atoms with Crippen molar-refractivity contribution in [2.45, 2.75) is 18.9 Å². The number of methoxy groups -OCH3 is 1. The predicted molar refractivity (Wildman–Crippen MR) is 77.3 cm³/mol. The van der Waals surface area contributed by atoms with E-state index in [0.717, 1.165) is 25.9 Å². The number of carbonyl (C=O) groups is 1. The van der Waals surface area contributed by atoms with E-state index in [4.69, 9.17) is 4.74 Å². The topological polar surface area (TPSA) is 53.0 Å². The number of benzene rings is 1. The average Bonchev–Trinajstić information content (AvgIpc) is 2.85. The molecule has 0 radical (unpaired) electrons. The van der Waals surface area contributed by atoms with Gasteiger partial charge in [-0.05, 0) is 39.1 Å². The van der Waals surface area contributed by atoms with Gasteiger partial charge in [-0.3, -0.25) is 4.79 Å². The Hall–Kier alpha value is -1.75. The molecule has 1 aromatic carbocycles. The molecule has 1 aliphatic heterocycles. The van der Waals surface area contributed by atoms with E-state index in [1.807, 2.05) is 19.0 Å². The number of para-hydroxylation sites is 1. The lowest BCUT2D eigenvalue weighted by atomic mass is 10.1. The lowest BCUT2D eigenvalue weighted by Crippen LogP contribution is -2.41. The summed E-state index contributed by atoms with van der Waals surface area (Å²) in [4.78, 5) is 16.6. The number of carbonyl (C=O) groups excluding carboxylic acids is 1. The molecule has 110 valence electrons. The van der Waals surface area contributed by atoms with Gasteiger partial charge in [0.2, 0.25) is 0 Å². The Morgan fingerprint density at radius 2 is 2.25 bits per heavy atom. The van der Waals surface area contributed by atoms with Crippen molar-refractivity contribution in [1.82, 2.24) is 9.80 Å². The van der Waals surface area contributed by atoms with E-state index in [2.05, 4.69) is 4.90 Å². The minimum absolute atomic E-state index is 0.0736. The van der Waals surface area contributed by atoms with Crippen molar-refractivity contribution < 1.29 is 14.6 Å². The van der Waals surface area contributed by atoms with Crippen LogP contribution in [0, 0.1) is 0 Å². The smallest absolute Gasteiger partial charge is 0.258 e. The van der Waals surface area contributed by atoms with E-state index in [1.54, 1.807) is 18.2 Å². The number of hydrogen-bond donors (Lipinski definition) is 1. The summed E-state index contributed by atoms with van der Waals surface area (Å²) >= 11 is 0. The van der Waals surface area contributed by atoms with Crippen molar-refractivity contribution in [3.8, 4) is 11.5 Å². The first kappa shape index (κ1) is 14.7. The lowest BCUT2D eigenvalue weighted by molar-refractivity contribution is 0.0713. The van der Waals surface area contributed by atoms with Crippen LogP contribution in [0.5, 0.6) is 11.5 Å². The second-order valence-electron chi connectivity index (χ2n) is 5.41. The molecule has 1 amide bonds. The monoisotopic (exact) mass is 278 g/mol. The van der Waals surface area contributed by atoms with Crippen molar-refractivity contribution in [2.75, 3.05) is 34.3 Å². The number of ether oxygens (including phenoxy) is 1. The fourth-order valence-electron chi connectivity index (χ4n) is 2.73. The van der Waals surface area contributed by atoms with Gasteiger partial charge in [0.25, 0.3) is 5.91 Å². The molecular formula is C15H22N2O3. The zero-order valence-corrected chi connectivity index (χ0v) is 12.3. The molecule has 0 spiro atoms. The van der Waals surface area contributed by atoms with Crippen molar-refractivity contribution >= 4 is 5.91 Å². The number of amides is 1. The van der Waals surface area contributed by atoms with E-state index in [-0.39, 0.29) is 17.7 Å². The highest BCUT2D eigenvalue weighted by Crippen LogP contribution is 2.31. The summed E-state index contributed by atoms with van der Waals surface area (Å²) < 4.78 is 5.06. The fraction of sp³-hybridized carbons (Fsp3) is 0.533. The van der Waals surface area contributed by atoms with Crippen molar-refractivity contribution in [3.63, 3.8) is 0 Å². The molecule has 20 heavy (non-hydrogen) atoms. The minimum atomic E-state index is -0.120. The van der Waals surface area contributed by atoms with E-state index in [9.17, 15) is 9.90 Å². The molecule has 1 N–H and O–H groups in total. The summed E-state index contributed by atoms with van der Waals surface area (Å²) in [7, 11) is 5.49. The molecule has 1 atom stereocenters. The van der Waals surface area contributed by atoms with Gasteiger partial charge < -0.3 is 19.6 Å². The molecule has 0 saturated carbocycles. The molecule has 0 aliphatic carbocycles. The van der Waals surface area contributed by atoms with Gasteiger partial charge in [-0.2, -0.15) is 0 Å². The largest absolute Gasteiger partial charge is 0.504 e. The van der Waals surface area contributed by atoms with Crippen molar-refractivity contribution in [3.05, 3.63) is 23.8 Å². The first-order chi connectivity index (χ1) is 9.54. The maximum absolute atomic E-state index is 12.6. The number of rotatable bonds is 4. The molecule has 5 heteroatoms. The predicted octanol–water partition coefficient (Wildman–Crippen LogP) is 1.57. The van der Waals surface area contributed by atoms with Crippen molar-refractivity contribution in [1.29, 1.82) is 0 Å². The number of phenolic OH excluding ortho intramolecular Hbond substituents is 1. The maximum Gasteiger partial charge on any atom is 0.258 e. The Morgan fingerprint density at radius 3 is 2.90 bits per heavy atom. The van der Waals surface area contributed by atoms with E-state index in [0.29, 0.717) is 11.3 Å². The SMILES string of the molecule is COc1cccc(C(=O)N2CCCC2CN(C)C)c1O. The van der Waals surface area contributed by atoms with Crippen molar-refractivity contribution in [2.24, 2.45) is 0 Å². The molecule has 2 rings (SSSR count). The Bertz CT molecular complexity index is 488. The first-order valence-electron chi connectivity index (χ1n) is 6.86. The van der Waals surface area contributed by atoms with E-state index in [1.165, 1.54) is 7.11 Å². The van der Waals surface area contributed by atoms with Gasteiger partial charge in [-0.25, -0.2) is 0 Å². The molecule has 5 nitrogen and oxygen atoms in total. The van der Waals surface area contributed by atoms with Gasteiger partial charge in [-0.1, -0.05) is 6.07 Å². The second kappa shape index (κ2) is 6.13. The van der Waals surface area contributed by atoms with Crippen LogP contribution in [-0.2, 0) is 0 Å². The number of likely N-dealkylation sites (N-methyl/N-ethyl adjacent to an activating group) is 1. The Labute approximate surface area is 119 Å². The third-order valence-electron chi connectivity index (χ3n) is 3.66. The number of aromatic hydroxyl groups is 1. The highest BCUT2D eigenvalue weighted by atomic mass is 16.5. The number of hydrogen-bond acceptors (Lipinski definition) is 4. The van der Waals surface area contributed by atoms with Crippen LogP contribution in [0.4, 0.5) is 0 Å². The van der Waals surface area contributed by atoms with E-state index < -0.39 is 0 Å². The van der Waals surface area contributed by atoms with Gasteiger partial charge in [0.05, 0.1) is 12.7 Å². The summed E-state index contributed by atoms with van der Waals surface area (Å²) in [5.74, 6) is 0.139. The van der Waals surface area contributed by atoms with Gasteiger partial charge >= 0.3 is 0 Å². The van der Waals surface area contributed by atoms with E-state index >= 15 is 0 Å². The normalized spacial score (nSPS) is 18.6. The van der Waals surface area contributed by atoms with Crippen LogP contribution >= 0.6 is 0 Å². The van der Waals surface area contributed by atoms with Gasteiger partial charge in [0, 0.05) is 19.1 Å². The highest BCUT2D eigenvalue weighted by Gasteiger charge is 2.31. The molecule has 1 aromatic rings. The minimum Gasteiger partial charge on any atom is -0.504 e. The van der Waals surface area contributed by atoms with Gasteiger partial charge in [-0.15, -0.1) is 0 Å². The zero-order chi connectivity index (χ0) is 14.7. The summed E-state index contributed by atoms with van der Waals surface area (Å²) in [6, 6.07) is 5.23. The Kier molecular flexibility index (Phi) is 4.49. The van der Waals surface area contributed by atoms with Crippen LogP contribution < -0.4 is 4.74 Å². The molecule has 1 unspecified atom stereocenters. The summed E-state index contributed by atoms with van der Waals surface area (Å²) in [6.45, 7) is 1.59. The second-order valence-corrected chi connectivity index (χ2v) is 5.41. The number of likely N-dealkylation sites (tertiary alicyclic amines) is 1. The van der Waals surface area contributed by atoms with Crippen LogP contribution in [0.15, 0.2) is 18.2 Å². The molecule has 0 bridgehead atoms. The third-order valence-corrected chi connectivity index (χ3v) is 3.66. The van der Waals surface area contributed by atoms with Crippen LogP contribution in [0.25, 0.3) is 0 Å². The summed E-state index contributed by atoms with van der Waals surface area (Å²) in [5, 5.41) is 10.1.